The smallest absolute Gasteiger partial charge is 0.167 e. The quantitative estimate of drug-likeness (QED) is 0.325. The first-order chi connectivity index (χ1) is 16.7. The van der Waals surface area contributed by atoms with Gasteiger partial charge >= 0.3 is 0 Å². The van der Waals surface area contributed by atoms with Crippen molar-refractivity contribution in [2.45, 2.75) is 0 Å². The molecule has 34 heavy (non-hydrogen) atoms. The summed E-state index contributed by atoms with van der Waals surface area (Å²) in [6.07, 6.45) is 7.76. The Morgan fingerprint density at radius 1 is 0.500 bits per heavy atom. The van der Waals surface area contributed by atoms with Gasteiger partial charge in [-0.3, -0.25) is 0 Å². The summed E-state index contributed by atoms with van der Waals surface area (Å²) >= 11 is 0. The molecule has 0 fully saturated rings. The maximum atomic E-state index is 5.56. The molecule has 0 N–H and O–H groups in total. The highest BCUT2D eigenvalue weighted by atomic mass is 16.5. The molecular formula is C28H26N2O4. The average molecular weight is 455 g/mol. The van der Waals surface area contributed by atoms with Crippen molar-refractivity contribution in [1.29, 1.82) is 0 Å². The molecule has 1 heterocycles. The van der Waals surface area contributed by atoms with Crippen molar-refractivity contribution >= 4 is 35.3 Å². The molecular weight excluding hydrogens is 428 g/mol. The van der Waals surface area contributed by atoms with Crippen LogP contribution in [0.15, 0.2) is 60.7 Å². The largest absolute Gasteiger partial charge is 0.493 e. The summed E-state index contributed by atoms with van der Waals surface area (Å²) in [5.74, 6) is 2.65. The predicted molar refractivity (Wildman–Crippen MR) is 136 cm³/mol. The number of ether oxygens (including phenoxy) is 4. The van der Waals surface area contributed by atoms with Gasteiger partial charge in [0.25, 0.3) is 0 Å². The minimum absolute atomic E-state index is 0.660. The number of benzene rings is 3. The fourth-order valence-electron chi connectivity index (χ4n) is 3.70. The molecule has 0 spiro atoms. The van der Waals surface area contributed by atoms with Crippen LogP contribution in [0.4, 0.5) is 0 Å². The first-order valence-electron chi connectivity index (χ1n) is 10.7. The Bertz CT molecular complexity index is 1260. The monoisotopic (exact) mass is 454 g/mol. The molecule has 0 bridgehead atoms. The molecule has 4 aromatic rings. The summed E-state index contributed by atoms with van der Waals surface area (Å²) in [7, 11) is 6.49. The molecule has 0 atom stereocenters. The first-order valence-corrected chi connectivity index (χ1v) is 10.7. The van der Waals surface area contributed by atoms with Crippen molar-refractivity contribution in [3.63, 3.8) is 0 Å². The van der Waals surface area contributed by atoms with Gasteiger partial charge in [0.1, 0.15) is 0 Å². The zero-order valence-electron chi connectivity index (χ0n) is 19.6. The van der Waals surface area contributed by atoms with Crippen molar-refractivity contribution in [2.24, 2.45) is 0 Å². The minimum atomic E-state index is 0.660. The van der Waals surface area contributed by atoms with Crippen molar-refractivity contribution in [3.8, 4) is 23.0 Å². The van der Waals surface area contributed by atoms with Gasteiger partial charge in [-0.1, -0.05) is 36.4 Å². The SMILES string of the molecule is COc1cccc(/C=C/c2nc3ccccc3nc2/C=C/c2cccc(OC)c2OC)c1OC. The number of nitrogens with zero attached hydrogens (tertiary/aromatic N) is 2. The van der Waals surface area contributed by atoms with Crippen molar-refractivity contribution < 1.29 is 18.9 Å². The lowest BCUT2D eigenvalue weighted by Crippen LogP contribution is -1.95. The first kappa shape index (κ1) is 22.9. The molecule has 0 aliphatic carbocycles. The second-order valence-corrected chi connectivity index (χ2v) is 7.31. The molecule has 0 amide bonds. The maximum absolute atomic E-state index is 5.56. The van der Waals surface area contributed by atoms with Crippen molar-refractivity contribution in [3.05, 3.63) is 83.2 Å². The Morgan fingerprint density at radius 3 is 1.32 bits per heavy atom. The lowest BCUT2D eigenvalue weighted by Gasteiger charge is -2.10. The van der Waals surface area contributed by atoms with Crippen LogP contribution in [0, 0.1) is 0 Å². The number of aromatic nitrogens is 2. The molecule has 6 nitrogen and oxygen atoms in total. The van der Waals surface area contributed by atoms with E-state index in [1.165, 1.54) is 0 Å². The summed E-state index contributed by atoms with van der Waals surface area (Å²) in [5, 5.41) is 0. The summed E-state index contributed by atoms with van der Waals surface area (Å²) < 4.78 is 22.0. The zero-order chi connectivity index (χ0) is 23.9. The summed E-state index contributed by atoms with van der Waals surface area (Å²) in [6.45, 7) is 0. The standard InChI is InChI=1S/C28H26N2O4/c1-31-25-13-7-9-19(27(25)33-3)15-17-23-24(30-22-12-6-5-11-21(22)29-23)18-16-20-10-8-14-26(32-2)28(20)34-4/h5-18H,1-4H3/b17-15+,18-16+. The number of para-hydroxylation sites is 4. The molecule has 4 rings (SSSR count). The minimum Gasteiger partial charge on any atom is -0.493 e. The van der Waals surface area contributed by atoms with E-state index in [-0.39, 0.29) is 0 Å². The molecule has 1 aromatic heterocycles. The van der Waals surface area contributed by atoms with Gasteiger partial charge in [0.2, 0.25) is 0 Å². The number of hydrogen-bond acceptors (Lipinski definition) is 6. The fourth-order valence-corrected chi connectivity index (χ4v) is 3.70. The van der Waals surface area contributed by atoms with E-state index in [1.807, 2.05) is 85.0 Å². The van der Waals surface area contributed by atoms with E-state index in [1.54, 1.807) is 28.4 Å². The van der Waals surface area contributed by atoms with Gasteiger partial charge in [-0.05, 0) is 48.6 Å². The highest BCUT2D eigenvalue weighted by molar-refractivity contribution is 5.84. The third-order valence-corrected chi connectivity index (χ3v) is 5.33. The molecule has 0 saturated carbocycles. The number of methoxy groups -OCH3 is 4. The van der Waals surface area contributed by atoms with Crippen LogP contribution in [0.5, 0.6) is 23.0 Å². The Kier molecular flexibility index (Phi) is 7.08. The molecule has 0 aliphatic heterocycles. The van der Waals surface area contributed by atoms with E-state index in [2.05, 4.69) is 0 Å². The molecule has 3 aromatic carbocycles. The highest BCUT2D eigenvalue weighted by Crippen LogP contribution is 2.33. The summed E-state index contributed by atoms with van der Waals surface area (Å²) in [4.78, 5) is 9.70. The van der Waals surface area contributed by atoms with E-state index < -0.39 is 0 Å². The van der Waals surface area contributed by atoms with E-state index in [0.717, 1.165) is 33.5 Å². The molecule has 0 radical (unpaired) electrons. The van der Waals surface area contributed by atoms with Crippen LogP contribution < -0.4 is 18.9 Å². The van der Waals surface area contributed by atoms with Crippen LogP contribution >= 0.6 is 0 Å². The van der Waals surface area contributed by atoms with Gasteiger partial charge in [0, 0.05) is 11.1 Å². The number of fused-ring (bicyclic) bond motifs is 1. The van der Waals surface area contributed by atoms with Crippen molar-refractivity contribution in [2.75, 3.05) is 28.4 Å². The third-order valence-electron chi connectivity index (χ3n) is 5.33. The number of hydrogen-bond donors (Lipinski definition) is 0. The molecule has 0 unspecified atom stereocenters. The van der Waals surface area contributed by atoms with Crippen LogP contribution in [-0.4, -0.2) is 38.4 Å². The van der Waals surface area contributed by atoms with Crippen LogP contribution in [0.25, 0.3) is 35.3 Å². The topological polar surface area (TPSA) is 62.7 Å². The average Bonchev–Trinajstić information content (AvgIpc) is 2.89. The predicted octanol–water partition coefficient (Wildman–Crippen LogP) is 6.01. The van der Waals surface area contributed by atoms with Gasteiger partial charge in [-0.2, -0.15) is 0 Å². The second kappa shape index (κ2) is 10.5. The Balaban J connectivity index is 1.79. The van der Waals surface area contributed by atoms with E-state index in [4.69, 9.17) is 28.9 Å². The Labute approximate surface area is 199 Å². The van der Waals surface area contributed by atoms with Crippen LogP contribution in [0.2, 0.25) is 0 Å². The van der Waals surface area contributed by atoms with Gasteiger partial charge < -0.3 is 18.9 Å². The molecule has 0 saturated heterocycles. The number of rotatable bonds is 8. The van der Waals surface area contributed by atoms with Gasteiger partial charge in [0.15, 0.2) is 23.0 Å². The molecule has 172 valence electrons. The van der Waals surface area contributed by atoms with E-state index >= 15 is 0 Å². The van der Waals surface area contributed by atoms with E-state index in [9.17, 15) is 0 Å². The Morgan fingerprint density at radius 2 is 0.941 bits per heavy atom. The summed E-state index contributed by atoms with van der Waals surface area (Å²) in [5.41, 5.74) is 4.83. The highest BCUT2D eigenvalue weighted by Gasteiger charge is 2.10. The van der Waals surface area contributed by atoms with Gasteiger partial charge in [0.05, 0.1) is 50.9 Å². The Hall–Kier alpha value is -4.32. The van der Waals surface area contributed by atoms with Gasteiger partial charge in [-0.15, -0.1) is 0 Å². The van der Waals surface area contributed by atoms with E-state index in [0.29, 0.717) is 23.0 Å². The molecule has 6 heteroatoms. The van der Waals surface area contributed by atoms with Crippen molar-refractivity contribution in [1.82, 2.24) is 9.97 Å². The normalized spacial score (nSPS) is 11.3. The van der Waals surface area contributed by atoms with Crippen LogP contribution in [-0.2, 0) is 0 Å². The fraction of sp³-hybridized carbons (Fsp3) is 0.143. The summed E-state index contributed by atoms with van der Waals surface area (Å²) in [6, 6.07) is 19.3. The third kappa shape index (κ3) is 4.71. The zero-order valence-corrected chi connectivity index (χ0v) is 19.6. The van der Waals surface area contributed by atoms with Gasteiger partial charge in [-0.25, -0.2) is 9.97 Å². The van der Waals surface area contributed by atoms with Crippen LogP contribution in [0.1, 0.15) is 22.5 Å². The maximum Gasteiger partial charge on any atom is 0.167 e. The van der Waals surface area contributed by atoms with Crippen LogP contribution in [0.3, 0.4) is 0 Å². The molecule has 0 aliphatic rings. The second-order valence-electron chi connectivity index (χ2n) is 7.31. The lowest BCUT2D eigenvalue weighted by atomic mass is 10.1. The lowest BCUT2D eigenvalue weighted by molar-refractivity contribution is 0.354.